The number of hydrogen-bond donors (Lipinski definition) is 1. The van der Waals surface area contributed by atoms with Crippen molar-refractivity contribution in [1.29, 1.82) is 0 Å². The molecule has 0 spiro atoms. The Balaban J connectivity index is 2.14. The van der Waals surface area contributed by atoms with Crippen molar-refractivity contribution in [2.24, 2.45) is 0 Å². The number of aromatic nitrogens is 1. The van der Waals surface area contributed by atoms with E-state index in [-0.39, 0.29) is 0 Å². The summed E-state index contributed by atoms with van der Waals surface area (Å²) in [4.78, 5) is 4.52. The Kier molecular flexibility index (Phi) is 2.71. The van der Waals surface area contributed by atoms with E-state index in [2.05, 4.69) is 41.4 Å². The summed E-state index contributed by atoms with van der Waals surface area (Å²) in [6, 6.07) is 16.7. The van der Waals surface area contributed by atoms with Crippen LogP contribution in [-0.4, -0.2) is 4.98 Å². The van der Waals surface area contributed by atoms with Gasteiger partial charge in [-0.05, 0) is 54.8 Å². The molecule has 0 saturated heterocycles. The van der Waals surface area contributed by atoms with Crippen molar-refractivity contribution in [3.05, 3.63) is 59.8 Å². The molecule has 0 aliphatic heterocycles. The minimum Gasteiger partial charge on any atom is -0.398 e. The zero-order valence-electron chi connectivity index (χ0n) is 11.1. The van der Waals surface area contributed by atoms with Gasteiger partial charge in [-0.1, -0.05) is 24.3 Å². The number of aryl methyl sites for hydroxylation is 2. The van der Waals surface area contributed by atoms with Crippen molar-refractivity contribution < 1.29 is 0 Å². The fourth-order valence-corrected chi connectivity index (χ4v) is 2.23. The summed E-state index contributed by atoms with van der Waals surface area (Å²) < 4.78 is 0. The first-order chi connectivity index (χ1) is 9.13. The highest BCUT2D eigenvalue weighted by molar-refractivity contribution is 5.85. The van der Waals surface area contributed by atoms with Gasteiger partial charge in [0, 0.05) is 16.8 Å². The first-order valence-electron chi connectivity index (χ1n) is 6.37. The van der Waals surface area contributed by atoms with E-state index in [1.54, 1.807) is 0 Å². The van der Waals surface area contributed by atoms with Gasteiger partial charge in [0.15, 0.2) is 0 Å². The van der Waals surface area contributed by atoms with Crippen LogP contribution < -0.4 is 5.73 Å². The summed E-state index contributed by atoms with van der Waals surface area (Å²) in [6.45, 7) is 4.03. The van der Waals surface area contributed by atoms with Gasteiger partial charge in [-0.15, -0.1) is 0 Å². The number of nitrogens with two attached hydrogens (primary N) is 1. The summed E-state index contributed by atoms with van der Waals surface area (Å²) in [5.41, 5.74) is 12.3. The fraction of sp³-hybridized carbons (Fsp3) is 0.118. The number of nitrogens with zero attached hydrogens (tertiary/aromatic N) is 1. The Morgan fingerprint density at radius 1 is 0.842 bits per heavy atom. The summed E-state index contributed by atoms with van der Waals surface area (Å²) in [5, 5.41) is 1.15. The molecule has 94 valence electrons. The van der Waals surface area contributed by atoms with Gasteiger partial charge in [0.2, 0.25) is 0 Å². The van der Waals surface area contributed by atoms with Crippen molar-refractivity contribution >= 4 is 16.6 Å². The molecule has 0 amide bonds. The van der Waals surface area contributed by atoms with Crippen LogP contribution in [0, 0.1) is 13.8 Å². The normalized spacial score (nSPS) is 10.8. The van der Waals surface area contributed by atoms with Crippen LogP contribution in [0.5, 0.6) is 0 Å². The van der Waals surface area contributed by atoms with E-state index < -0.39 is 0 Å². The molecule has 1 aromatic heterocycles. The largest absolute Gasteiger partial charge is 0.398 e. The lowest BCUT2D eigenvalue weighted by atomic mass is 10.0. The first kappa shape index (κ1) is 11.7. The molecule has 19 heavy (non-hydrogen) atoms. The number of nitrogen functional groups attached to an aromatic ring is 1. The molecule has 3 rings (SSSR count). The van der Waals surface area contributed by atoms with Crippen molar-refractivity contribution in [3.63, 3.8) is 0 Å². The number of rotatable bonds is 1. The third-order valence-corrected chi connectivity index (χ3v) is 3.44. The molecular formula is C17H16N2. The van der Waals surface area contributed by atoms with Gasteiger partial charge in [-0.2, -0.15) is 0 Å². The van der Waals surface area contributed by atoms with Gasteiger partial charge in [0.05, 0.1) is 5.52 Å². The van der Waals surface area contributed by atoms with Gasteiger partial charge < -0.3 is 5.73 Å². The molecule has 0 unspecified atom stereocenters. The van der Waals surface area contributed by atoms with Crippen LogP contribution in [0.15, 0.2) is 48.5 Å². The second kappa shape index (κ2) is 4.39. The Labute approximate surface area is 112 Å². The summed E-state index contributed by atoms with van der Waals surface area (Å²) in [5.74, 6) is 0. The highest BCUT2D eigenvalue weighted by atomic mass is 14.7. The Hall–Kier alpha value is -2.35. The smallest absolute Gasteiger partial charge is 0.0705 e. The second-order valence-electron chi connectivity index (χ2n) is 4.93. The molecule has 2 aromatic carbocycles. The average molecular weight is 248 g/mol. The van der Waals surface area contributed by atoms with Crippen LogP contribution in [0.4, 0.5) is 5.69 Å². The molecule has 0 saturated carbocycles. The van der Waals surface area contributed by atoms with E-state index in [0.717, 1.165) is 33.4 Å². The van der Waals surface area contributed by atoms with E-state index in [1.165, 1.54) is 5.56 Å². The predicted molar refractivity (Wildman–Crippen MR) is 81.1 cm³/mol. The lowest BCUT2D eigenvalue weighted by Crippen LogP contribution is -1.90. The molecule has 0 aliphatic carbocycles. The van der Waals surface area contributed by atoms with Crippen molar-refractivity contribution in [2.75, 3.05) is 5.73 Å². The Morgan fingerprint density at radius 3 is 2.37 bits per heavy atom. The van der Waals surface area contributed by atoms with Crippen LogP contribution >= 0.6 is 0 Å². The highest BCUT2D eigenvalue weighted by Crippen LogP contribution is 2.26. The van der Waals surface area contributed by atoms with Crippen molar-refractivity contribution in [1.82, 2.24) is 4.98 Å². The van der Waals surface area contributed by atoms with Crippen LogP contribution in [-0.2, 0) is 0 Å². The third kappa shape index (κ3) is 2.17. The Morgan fingerprint density at radius 2 is 1.58 bits per heavy atom. The molecule has 0 fully saturated rings. The quantitative estimate of drug-likeness (QED) is 0.658. The van der Waals surface area contributed by atoms with E-state index in [9.17, 15) is 0 Å². The predicted octanol–water partition coefficient (Wildman–Crippen LogP) is 4.10. The molecule has 2 nitrogen and oxygen atoms in total. The zero-order valence-corrected chi connectivity index (χ0v) is 11.1. The topological polar surface area (TPSA) is 38.9 Å². The molecule has 0 atom stereocenters. The average Bonchev–Trinajstić information content (AvgIpc) is 2.41. The van der Waals surface area contributed by atoms with Gasteiger partial charge in [0.1, 0.15) is 0 Å². The molecule has 0 bridgehead atoms. The standard InChI is InChI=1S/C17H16N2/c1-11-3-5-14(10-16(11)18)13-7-8-17-15(9-13)6-4-12(2)19-17/h3-10H,18H2,1-2H3. The van der Waals surface area contributed by atoms with Crippen LogP contribution in [0.3, 0.4) is 0 Å². The molecule has 0 aliphatic rings. The summed E-state index contributed by atoms with van der Waals surface area (Å²) in [6.07, 6.45) is 0. The SMILES string of the molecule is Cc1ccc2cc(-c3ccc(C)c(N)c3)ccc2n1. The number of fused-ring (bicyclic) bond motifs is 1. The molecule has 1 heterocycles. The minimum absolute atomic E-state index is 0.833. The minimum atomic E-state index is 0.833. The number of benzene rings is 2. The fourth-order valence-electron chi connectivity index (χ4n) is 2.23. The van der Waals surface area contributed by atoms with Crippen molar-refractivity contribution in [2.45, 2.75) is 13.8 Å². The maximum absolute atomic E-state index is 5.98. The highest BCUT2D eigenvalue weighted by Gasteiger charge is 2.02. The van der Waals surface area contributed by atoms with E-state index in [0.29, 0.717) is 0 Å². The van der Waals surface area contributed by atoms with Crippen LogP contribution in [0.2, 0.25) is 0 Å². The second-order valence-corrected chi connectivity index (χ2v) is 4.93. The number of anilines is 1. The number of hydrogen-bond acceptors (Lipinski definition) is 2. The maximum Gasteiger partial charge on any atom is 0.0705 e. The Bertz CT molecular complexity index is 760. The van der Waals surface area contributed by atoms with Crippen LogP contribution in [0.25, 0.3) is 22.0 Å². The van der Waals surface area contributed by atoms with Gasteiger partial charge in [0.25, 0.3) is 0 Å². The zero-order chi connectivity index (χ0) is 13.4. The summed E-state index contributed by atoms with van der Waals surface area (Å²) in [7, 11) is 0. The van der Waals surface area contributed by atoms with Crippen molar-refractivity contribution in [3.8, 4) is 11.1 Å². The lowest BCUT2D eigenvalue weighted by molar-refractivity contribution is 1.26. The number of pyridine rings is 1. The van der Waals surface area contributed by atoms with Gasteiger partial charge in [-0.25, -0.2) is 0 Å². The molecule has 2 heteroatoms. The lowest BCUT2D eigenvalue weighted by Gasteiger charge is -2.07. The van der Waals surface area contributed by atoms with E-state index in [1.807, 2.05) is 26.0 Å². The maximum atomic E-state index is 5.98. The molecular weight excluding hydrogens is 232 g/mol. The first-order valence-corrected chi connectivity index (χ1v) is 6.37. The van der Waals surface area contributed by atoms with Gasteiger partial charge >= 0.3 is 0 Å². The monoisotopic (exact) mass is 248 g/mol. The van der Waals surface area contributed by atoms with E-state index >= 15 is 0 Å². The molecule has 0 radical (unpaired) electrons. The summed E-state index contributed by atoms with van der Waals surface area (Å²) >= 11 is 0. The van der Waals surface area contributed by atoms with Gasteiger partial charge in [-0.3, -0.25) is 4.98 Å². The third-order valence-electron chi connectivity index (χ3n) is 3.44. The molecule has 2 N–H and O–H groups in total. The van der Waals surface area contributed by atoms with E-state index in [4.69, 9.17) is 5.73 Å². The van der Waals surface area contributed by atoms with Crippen LogP contribution in [0.1, 0.15) is 11.3 Å². The molecule has 3 aromatic rings.